The molecule has 0 bridgehead atoms. The topological polar surface area (TPSA) is 54.2 Å². The third-order valence-corrected chi connectivity index (χ3v) is 0. The zero-order chi connectivity index (χ0) is 5.41. The minimum Gasteiger partial charge on any atom is -0.194 e. The highest BCUT2D eigenvalue weighted by Gasteiger charge is 1.36. The summed E-state index contributed by atoms with van der Waals surface area (Å²) in [6.07, 6.45) is 4.08. The number of hydrogen-bond donors (Lipinski definition) is 0. The number of thioether (sulfide) groups is 1. The van der Waals surface area contributed by atoms with Gasteiger partial charge in [0.05, 0.1) is 0 Å². The molecule has 0 fully saturated rings. The molecular formula is C2H6NO2S. The molecule has 0 unspecified atom stereocenters. The van der Waals surface area contributed by atoms with Gasteiger partial charge in [-0.2, -0.15) is 21.9 Å². The van der Waals surface area contributed by atoms with Gasteiger partial charge in [0.2, 0.25) is 0 Å². The first-order chi connectivity index (χ1) is 2.83. The van der Waals surface area contributed by atoms with Crippen LogP contribution in [0.15, 0.2) is 0 Å². The van der Waals surface area contributed by atoms with Crippen LogP contribution in [0.5, 0.6) is 0 Å². The van der Waals surface area contributed by atoms with Crippen LogP contribution in [0.25, 0.3) is 0 Å². The van der Waals surface area contributed by atoms with E-state index in [4.69, 9.17) is 10.1 Å². The van der Waals surface area contributed by atoms with Gasteiger partial charge in [0.25, 0.3) is 0 Å². The predicted octanol–water partition coefficient (Wildman–Crippen LogP) is 0.566. The molecule has 0 saturated carbocycles. The molecule has 0 aromatic rings. The summed E-state index contributed by atoms with van der Waals surface area (Å²) in [7, 11) is 0. The average Bonchev–Trinajstić information content (AvgIpc) is 1.39. The Bertz CT molecular complexity index is 25.5. The summed E-state index contributed by atoms with van der Waals surface area (Å²) in [5.74, 6) is 0. The van der Waals surface area contributed by atoms with Gasteiger partial charge in [-0.25, -0.2) is 0 Å². The third kappa shape index (κ3) is 454. The fraction of sp³-hybridized carbons (Fsp3) is 1.00. The molecule has 0 aliphatic rings. The molecule has 4 heteroatoms. The Morgan fingerprint density at radius 2 is 1.67 bits per heavy atom. The van der Waals surface area contributed by atoms with Crippen molar-refractivity contribution in [3.05, 3.63) is 10.1 Å². The van der Waals surface area contributed by atoms with Crippen molar-refractivity contribution in [2.24, 2.45) is 0 Å². The van der Waals surface area contributed by atoms with Crippen molar-refractivity contribution in [2.45, 2.75) is 0 Å². The van der Waals surface area contributed by atoms with Crippen molar-refractivity contribution in [2.75, 3.05) is 12.5 Å². The van der Waals surface area contributed by atoms with Crippen LogP contribution in [-0.2, 0) is 0 Å². The Balaban J connectivity index is 0. The van der Waals surface area contributed by atoms with Crippen LogP contribution < -0.4 is 5.34 Å². The Labute approximate surface area is 40.7 Å². The fourth-order valence-electron chi connectivity index (χ4n) is 0. The Morgan fingerprint density at radius 3 is 1.67 bits per heavy atom. The minimum atomic E-state index is 1.00. The molecule has 0 atom stereocenters. The summed E-state index contributed by atoms with van der Waals surface area (Å²) in [5, 5.41) is 9.00. The molecule has 0 spiro atoms. The van der Waals surface area contributed by atoms with E-state index in [1.54, 1.807) is 11.8 Å². The molecule has 0 amide bonds. The predicted molar refractivity (Wildman–Crippen MR) is 28.3 cm³/mol. The average molecular weight is 108 g/mol. The molecule has 1 radical (unpaired) electrons. The van der Waals surface area contributed by atoms with Gasteiger partial charge in [0.15, 0.2) is 0 Å². The van der Waals surface area contributed by atoms with Gasteiger partial charge in [-0.1, -0.05) is 0 Å². The highest BCUT2D eigenvalue weighted by molar-refractivity contribution is 7.97. The van der Waals surface area contributed by atoms with E-state index in [0.29, 0.717) is 0 Å². The van der Waals surface area contributed by atoms with Crippen molar-refractivity contribution < 1.29 is 0 Å². The number of rotatable bonds is 0. The van der Waals surface area contributed by atoms with Crippen molar-refractivity contribution in [1.82, 2.24) is 5.34 Å². The standard InChI is InChI=1S/C2H6S.NO2/c1-3-2;2-1-3/h1-2H3;. The molecule has 0 rings (SSSR count). The molecule has 0 aliphatic carbocycles. The van der Waals surface area contributed by atoms with Crippen molar-refractivity contribution in [3.8, 4) is 0 Å². The van der Waals surface area contributed by atoms with Gasteiger partial charge in [-0.15, -0.1) is 0 Å². The molecule has 0 heterocycles. The molecule has 6 heavy (non-hydrogen) atoms. The maximum absolute atomic E-state index is 8.00. The van der Waals surface area contributed by atoms with Gasteiger partial charge in [-0.3, -0.25) is 0 Å². The van der Waals surface area contributed by atoms with E-state index in [0.717, 1.165) is 5.34 Å². The summed E-state index contributed by atoms with van der Waals surface area (Å²) in [6.45, 7) is 0. The lowest BCUT2D eigenvalue weighted by Crippen LogP contribution is -1.47. The quantitative estimate of drug-likeness (QED) is 0.336. The van der Waals surface area contributed by atoms with E-state index in [2.05, 4.69) is 0 Å². The summed E-state index contributed by atoms with van der Waals surface area (Å²) in [5.41, 5.74) is 0. The largest absolute Gasteiger partial charge is 0.387 e. The molecule has 3 nitrogen and oxygen atoms in total. The second kappa shape index (κ2) is 21.8. The minimum absolute atomic E-state index is 1.00. The summed E-state index contributed by atoms with van der Waals surface area (Å²) >= 11 is 1.75. The zero-order valence-electron chi connectivity index (χ0n) is 3.67. The Morgan fingerprint density at radius 1 is 1.67 bits per heavy atom. The highest BCUT2D eigenvalue weighted by Crippen LogP contribution is 1.70. The van der Waals surface area contributed by atoms with Gasteiger partial charge in [0, 0.05) is 0 Å². The first-order valence-electron chi connectivity index (χ1n) is 1.18. The SMILES string of the molecule is CSC.O=[N+][O-]. The highest BCUT2D eigenvalue weighted by atomic mass is 32.2. The van der Waals surface area contributed by atoms with Gasteiger partial charge in [-0.05, 0) is 12.5 Å². The van der Waals surface area contributed by atoms with Crippen LogP contribution in [-0.4, -0.2) is 12.5 Å². The van der Waals surface area contributed by atoms with Crippen LogP contribution in [0.1, 0.15) is 0 Å². The lowest BCUT2D eigenvalue weighted by Gasteiger charge is -1.51. The maximum atomic E-state index is 8.00. The molecular weight excluding hydrogens is 102 g/mol. The molecule has 0 N–H and O–H groups in total. The Hall–Kier alpha value is -0.250. The van der Waals surface area contributed by atoms with E-state index < -0.39 is 0 Å². The lowest BCUT2D eigenvalue weighted by molar-refractivity contribution is 1.38. The molecule has 0 aromatic carbocycles. The maximum Gasteiger partial charge on any atom is 0.387 e. The van der Waals surface area contributed by atoms with E-state index in [1.165, 1.54) is 0 Å². The van der Waals surface area contributed by atoms with Gasteiger partial charge >= 0.3 is 5.34 Å². The van der Waals surface area contributed by atoms with E-state index in [-0.39, 0.29) is 0 Å². The van der Waals surface area contributed by atoms with E-state index in [9.17, 15) is 0 Å². The molecule has 0 saturated heterocycles. The zero-order valence-corrected chi connectivity index (χ0v) is 4.49. The van der Waals surface area contributed by atoms with Crippen LogP contribution in [0, 0.1) is 10.1 Å². The fourth-order valence-corrected chi connectivity index (χ4v) is 0. The Kier molecular flexibility index (Phi) is 33.5. The van der Waals surface area contributed by atoms with Crippen LogP contribution in [0.3, 0.4) is 0 Å². The van der Waals surface area contributed by atoms with Gasteiger partial charge < -0.3 is 0 Å². The monoisotopic (exact) mass is 108 g/mol. The second-order valence-electron chi connectivity index (χ2n) is 0.483. The van der Waals surface area contributed by atoms with E-state index in [1.807, 2.05) is 12.5 Å². The smallest absolute Gasteiger partial charge is 0.194 e. The summed E-state index contributed by atoms with van der Waals surface area (Å²) < 4.78 is 0. The first kappa shape index (κ1) is 9.23. The van der Waals surface area contributed by atoms with Crippen LogP contribution in [0.4, 0.5) is 0 Å². The summed E-state index contributed by atoms with van der Waals surface area (Å²) in [4.78, 5) is 8.00. The normalized spacial score (nSPS) is 5.00. The second-order valence-corrected chi connectivity index (χ2v) is 1.30. The van der Waals surface area contributed by atoms with Crippen molar-refractivity contribution >= 4 is 11.8 Å². The van der Waals surface area contributed by atoms with E-state index >= 15 is 0 Å². The van der Waals surface area contributed by atoms with Gasteiger partial charge in [0.1, 0.15) is 0 Å². The lowest BCUT2D eigenvalue weighted by atomic mass is 11.9. The van der Waals surface area contributed by atoms with Crippen molar-refractivity contribution in [3.63, 3.8) is 0 Å². The van der Waals surface area contributed by atoms with Crippen molar-refractivity contribution in [1.29, 1.82) is 0 Å². The molecule has 37 valence electrons. The molecule has 0 aromatic heterocycles. The van der Waals surface area contributed by atoms with Crippen LogP contribution >= 0.6 is 11.8 Å². The third-order valence-electron chi connectivity index (χ3n) is 0. The first-order valence-corrected chi connectivity index (χ1v) is 2.81. The number of hydrogen-bond acceptors (Lipinski definition) is 4. The number of nitrogens with zero attached hydrogens (tertiary/aromatic N) is 1. The molecule has 0 aliphatic heterocycles. The van der Waals surface area contributed by atoms with Crippen LogP contribution in [0.2, 0.25) is 0 Å². The summed E-state index contributed by atoms with van der Waals surface area (Å²) in [6, 6.07) is 0.